The Balaban J connectivity index is 2.37. The number of carbonyl (C=O) groups excluding carboxylic acids is 2. The first-order valence-corrected chi connectivity index (χ1v) is 6.46. The van der Waals surface area contributed by atoms with Crippen molar-refractivity contribution < 1.29 is 9.59 Å². The highest BCUT2D eigenvalue weighted by Crippen LogP contribution is 2.25. The van der Waals surface area contributed by atoms with Crippen LogP contribution in [0, 0.1) is 6.92 Å². The molecule has 0 aromatic heterocycles. The van der Waals surface area contributed by atoms with Crippen LogP contribution in [0.1, 0.15) is 24.5 Å². The van der Waals surface area contributed by atoms with E-state index in [2.05, 4.69) is 5.32 Å². The van der Waals surface area contributed by atoms with Crippen LogP contribution < -0.4 is 16.0 Å². The summed E-state index contributed by atoms with van der Waals surface area (Å²) in [4.78, 5) is 25.3. The van der Waals surface area contributed by atoms with E-state index in [1.54, 1.807) is 0 Å². The average molecular weight is 261 g/mol. The highest BCUT2D eigenvalue weighted by Gasteiger charge is 2.33. The maximum atomic E-state index is 11.9. The molecule has 2 rings (SSSR count). The number of carbonyl (C=O) groups is 2. The Hall–Kier alpha value is -1.88. The topological polar surface area (TPSA) is 75.4 Å². The minimum atomic E-state index is -0.292. The third-order valence-corrected chi connectivity index (χ3v) is 3.45. The molecule has 3 N–H and O–H groups in total. The Kier molecular flexibility index (Phi) is 3.85. The number of nitrogens with one attached hydrogen (secondary N) is 1. The summed E-state index contributed by atoms with van der Waals surface area (Å²) >= 11 is 0. The maximum Gasteiger partial charge on any atom is 0.249 e. The minimum absolute atomic E-state index is 0.215. The van der Waals surface area contributed by atoms with Gasteiger partial charge in [0.15, 0.2) is 0 Å². The van der Waals surface area contributed by atoms with Crippen molar-refractivity contribution in [2.45, 2.75) is 32.9 Å². The van der Waals surface area contributed by atoms with Gasteiger partial charge in [-0.25, -0.2) is 0 Å². The van der Waals surface area contributed by atoms with Gasteiger partial charge in [-0.15, -0.1) is 0 Å². The summed E-state index contributed by atoms with van der Waals surface area (Å²) in [7, 11) is 0. The standard InChI is InChI=1S/C14H19N3O2/c1-3-11-14(19)16-13(18)8-17(11)12-5-4-10(7-15)6-9(12)2/h4-6,11H,3,7-8,15H2,1-2H3,(H,16,18,19). The molecule has 0 aliphatic carbocycles. The highest BCUT2D eigenvalue weighted by atomic mass is 16.2. The van der Waals surface area contributed by atoms with E-state index in [9.17, 15) is 9.59 Å². The minimum Gasteiger partial charge on any atom is -0.350 e. The fourth-order valence-electron chi connectivity index (χ4n) is 2.49. The third kappa shape index (κ3) is 2.61. The molecule has 0 saturated carbocycles. The smallest absolute Gasteiger partial charge is 0.249 e. The normalized spacial score (nSPS) is 19.5. The van der Waals surface area contributed by atoms with E-state index in [1.165, 1.54) is 0 Å². The number of aryl methyl sites for hydroxylation is 1. The van der Waals surface area contributed by atoms with Crippen LogP contribution in [0.2, 0.25) is 0 Å². The molecular weight excluding hydrogens is 242 g/mol. The van der Waals surface area contributed by atoms with Crippen molar-refractivity contribution in [3.8, 4) is 0 Å². The molecule has 1 aliphatic rings. The van der Waals surface area contributed by atoms with E-state index in [1.807, 2.05) is 36.9 Å². The first-order valence-electron chi connectivity index (χ1n) is 6.46. The zero-order valence-electron chi connectivity index (χ0n) is 11.3. The summed E-state index contributed by atoms with van der Waals surface area (Å²) in [5.74, 6) is -0.474. The molecule has 1 fully saturated rings. The zero-order chi connectivity index (χ0) is 14.0. The first kappa shape index (κ1) is 13.5. The van der Waals surface area contributed by atoms with Gasteiger partial charge < -0.3 is 10.6 Å². The second-order valence-electron chi connectivity index (χ2n) is 4.79. The predicted molar refractivity (Wildman–Crippen MR) is 73.6 cm³/mol. The zero-order valence-corrected chi connectivity index (χ0v) is 11.3. The average Bonchev–Trinajstić information content (AvgIpc) is 2.37. The van der Waals surface area contributed by atoms with Crippen molar-refractivity contribution in [2.24, 2.45) is 5.73 Å². The van der Waals surface area contributed by atoms with Crippen molar-refractivity contribution in [1.82, 2.24) is 5.32 Å². The molecule has 5 heteroatoms. The second-order valence-corrected chi connectivity index (χ2v) is 4.79. The number of piperazine rings is 1. The summed E-state index contributed by atoms with van der Waals surface area (Å²) in [6.45, 7) is 4.61. The molecule has 1 heterocycles. The van der Waals surface area contributed by atoms with Crippen LogP contribution in [0.15, 0.2) is 18.2 Å². The largest absolute Gasteiger partial charge is 0.350 e. The van der Waals surface area contributed by atoms with E-state index in [0.717, 1.165) is 16.8 Å². The van der Waals surface area contributed by atoms with Gasteiger partial charge in [0, 0.05) is 12.2 Å². The van der Waals surface area contributed by atoms with Crippen LogP contribution >= 0.6 is 0 Å². The van der Waals surface area contributed by atoms with E-state index in [-0.39, 0.29) is 24.4 Å². The van der Waals surface area contributed by atoms with Gasteiger partial charge in [0.1, 0.15) is 6.04 Å². The number of rotatable bonds is 3. The molecule has 1 aromatic rings. The monoisotopic (exact) mass is 261 g/mol. The van der Waals surface area contributed by atoms with Crippen LogP contribution in [0.5, 0.6) is 0 Å². The van der Waals surface area contributed by atoms with Crippen LogP contribution in [0.3, 0.4) is 0 Å². The lowest BCUT2D eigenvalue weighted by molar-refractivity contribution is -0.132. The van der Waals surface area contributed by atoms with Gasteiger partial charge in [-0.05, 0) is 30.5 Å². The third-order valence-electron chi connectivity index (χ3n) is 3.45. The number of imide groups is 1. The highest BCUT2D eigenvalue weighted by molar-refractivity contribution is 6.04. The molecule has 1 aliphatic heterocycles. The summed E-state index contributed by atoms with van der Waals surface area (Å²) in [6, 6.07) is 5.58. The molecule has 0 spiro atoms. The Bertz CT molecular complexity index is 513. The van der Waals surface area contributed by atoms with Crippen LogP contribution in [-0.4, -0.2) is 24.4 Å². The van der Waals surface area contributed by atoms with Gasteiger partial charge in [0.05, 0.1) is 6.54 Å². The van der Waals surface area contributed by atoms with Gasteiger partial charge in [0.25, 0.3) is 0 Å². The Morgan fingerprint density at radius 3 is 2.74 bits per heavy atom. The second kappa shape index (κ2) is 5.40. The molecule has 1 saturated heterocycles. The molecule has 2 amide bonds. The molecule has 1 aromatic carbocycles. The molecule has 0 bridgehead atoms. The SMILES string of the molecule is CCC1C(=O)NC(=O)CN1c1ccc(CN)cc1C. The van der Waals surface area contributed by atoms with E-state index >= 15 is 0 Å². The Labute approximate surface area is 112 Å². The molecule has 0 radical (unpaired) electrons. The first-order chi connectivity index (χ1) is 9.06. The number of hydrogen-bond donors (Lipinski definition) is 2. The molecule has 1 unspecified atom stereocenters. The number of nitrogens with two attached hydrogens (primary N) is 1. The van der Waals surface area contributed by atoms with Gasteiger partial charge in [-0.3, -0.25) is 14.9 Å². The van der Waals surface area contributed by atoms with Crippen molar-refractivity contribution >= 4 is 17.5 Å². The summed E-state index contributed by atoms with van der Waals surface area (Å²) in [6.07, 6.45) is 0.664. The van der Waals surface area contributed by atoms with Gasteiger partial charge in [-0.1, -0.05) is 19.1 Å². The Morgan fingerprint density at radius 1 is 1.42 bits per heavy atom. The van der Waals surface area contributed by atoms with E-state index in [0.29, 0.717) is 13.0 Å². The van der Waals surface area contributed by atoms with Gasteiger partial charge >= 0.3 is 0 Å². The number of nitrogens with zero attached hydrogens (tertiary/aromatic N) is 1. The lowest BCUT2D eigenvalue weighted by Gasteiger charge is -2.36. The number of benzene rings is 1. The summed E-state index contributed by atoms with van der Waals surface area (Å²) in [5.41, 5.74) is 8.61. The number of anilines is 1. The maximum absolute atomic E-state index is 11.9. The lowest BCUT2D eigenvalue weighted by atomic mass is 10.0. The fraction of sp³-hybridized carbons (Fsp3) is 0.429. The van der Waals surface area contributed by atoms with Crippen LogP contribution in [0.4, 0.5) is 5.69 Å². The van der Waals surface area contributed by atoms with E-state index in [4.69, 9.17) is 5.73 Å². The fourth-order valence-corrected chi connectivity index (χ4v) is 2.49. The van der Waals surface area contributed by atoms with Crippen LogP contribution in [-0.2, 0) is 16.1 Å². The van der Waals surface area contributed by atoms with Crippen LogP contribution in [0.25, 0.3) is 0 Å². The number of amides is 2. The van der Waals surface area contributed by atoms with Crippen molar-refractivity contribution in [2.75, 3.05) is 11.4 Å². The lowest BCUT2D eigenvalue weighted by Crippen LogP contribution is -2.58. The number of hydrogen-bond acceptors (Lipinski definition) is 4. The Morgan fingerprint density at radius 2 is 2.16 bits per heavy atom. The quantitative estimate of drug-likeness (QED) is 0.785. The molecule has 102 valence electrons. The molecule has 19 heavy (non-hydrogen) atoms. The molecular formula is C14H19N3O2. The molecule has 1 atom stereocenters. The predicted octanol–water partition coefficient (Wildman–Crippen LogP) is 0.695. The summed E-state index contributed by atoms with van der Waals surface area (Å²) in [5, 5.41) is 2.38. The van der Waals surface area contributed by atoms with Gasteiger partial charge in [0.2, 0.25) is 11.8 Å². The van der Waals surface area contributed by atoms with Crippen molar-refractivity contribution in [3.05, 3.63) is 29.3 Å². The summed E-state index contributed by atoms with van der Waals surface area (Å²) < 4.78 is 0. The van der Waals surface area contributed by atoms with Gasteiger partial charge in [-0.2, -0.15) is 0 Å². The van der Waals surface area contributed by atoms with E-state index < -0.39 is 0 Å². The van der Waals surface area contributed by atoms with Crippen molar-refractivity contribution in [3.63, 3.8) is 0 Å². The molecule has 5 nitrogen and oxygen atoms in total. The van der Waals surface area contributed by atoms with Crippen molar-refractivity contribution in [1.29, 1.82) is 0 Å².